The molecule has 0 spiro atoms. The summed E-state index contributed by atoms with van der Waals surface area (Å²) in [6, 6.07) is 3.24. The third kappa shape index (κ3) is 2.25. The number of anilines is 1. The first-order chi connectivity index (χ1) is 9.56. The summed E-state index contributed by atoms with van der Waals surface area (Å²) in [5, 5.41) is 15.8. The lowest BCUT2D eigenvalue weighted by Crippen LogP contribution is -2.44. The second-order valence-corrected chi connectivity index (χ2v) is 5.77. The minimum atomic E-state index is -0.452. The predicted octanol–water partition coefficient (Wildman–Crippen LogP) is 2.25. The Morgan fingerprint density at radius 2 is 2.05 bits per heavy atom. The molecule has 2 heterocycles. The standard InChI is InChI=1S/C12H13BrN4O3/c1-15-2-4-16(5-3-15)12-9-6-8(13)7-10(17(18)19)11(9)20-14-12/h6-7H,2-5H2,1H3. The van der Waals surface area contributed by atoms with Crippen LogP contribution in [0.2, 0.25) is 0 Å². The van der Waals surface area contributed by atoms with Gasteiger partial charge in [-0.05, 0) is 13.1 Å². The van der Waals surface area contributed by atoms with Gasteiger partial charge in [0.2, 0.25) is 5.58 Å². The van der Waals surface area contributed by atoms with E-state index in [-0.39, 0.29) is 11.3 Å². The van der Waals surface area contributed by atoms with Crippen LogP contribution in [0.1, 0.15) is 0 Å². The monoisotopic (exact) mass is 340 g/mol. The highest BCUT2D eigenvalue weighted by Crippen LogP contribution is 2.35. The van der Waals surface area contributed by atoms with Crippen LogP contribution in [0.25, 0.3) is 11.0 Å². The van der Waals surface area contributed by atoms with Gasteiger partial charge in [-0.2, -0.15) is 0 Å². The van der Waals surface area contributed by atoms with Gasteiger partial charge in [-0.25, -0.2) is 0 Å². The van der Waals surface area contributed by atoms with Gasteiger partial charge in [0, 0.05) is 36.7 Å². The van der Waals surface area contributed by atoms with Gasteiger partial charge in [0.25, 0.3) is 0 Å². The Kier molecular flexibility index (Phi) is 3.35. The number of nitrogens with zero attached hydrogens (tertiary/aromatic N) is 4. The van der Waals surface area contributed by atoms with Gasteiger partial charge in [0.15, 0.2) is 5.82 Å². The zero-order valence-electron chi connectivity index (χ0n) is 10.9. The van der Waals surface area contributed by atoms with Crippen LogP contribution in [0.5, 0.6) is 0 Å². The maximum Gasteiger partial charge on any atom is 0.316 e. The molecule has 0 N–H and O–H groups in total. The fraction of sp³-hybridized carbons (Fsp3) is 0.417. The summed E-state index contributed by atoms with van der Waals surface area (Å²) in [5.74, 6) is 0.678. The molecule has 8 heteroatoms. The van der Waals surface area contributed by atoms with E-state index in [0.717, 1.165) is 26.2 Å². The Morgan fingerprint density at radius 3 is 2.70 bits per heavy atom. The molecule has 1 fully saturated rings. The van der Waals surface area contributed by atoms with Gasteiger partial charge in [-0.1, -0.05) is 21.1 Å². The van der Waals surface area contributed by atoms with Gasteiger partial charge < -0.3 is 14.3 Å². The Balaban J connectivity index is 2.07. The lowest BCUT2D eigenvalue weighted by atomic mass is 10.2. The second-order valence-electron chi connectivity index (χ2n) is 4.86. The minimum absolute atomic E-state index is 0.0674. The number of benzene rings is 1. The average molecular weight is 341 g/mol. The molecule has 1 saturated heterocycles. The van der Waals surface area contributed by atoms with Crippen LogP contribution in [0.4, 0.5) is 11.5 Å². The van der Waals surface area contributed by atoms with E-state index in [1.807, 2.05) is 6.07 Å². The number of halogens is 1. The molecule has 106 valence electrons. The summed E-state index contributed by atoms with van der Waals surface area (Å²) in [6.45, 7) is 3.53. The number of non-ortho nitro benzene ring substituents is 1. The highest BCUT2D eigenvalue weighted by Gasteiger charge is 2.25. The number of piperazine rings is 1. The third-order valence-electron chi connectivity index (χ3n) is 3.50. The van der Waals surface area contributed by atoms with Gasteiger partial charge in [-0.15, -0.1) is 0 Å². The molecular formula is C12H13BrN4O3. The summed E-state index contributed by atoms with van der Waals surface area (Å²) < 4.78 is 5.86. The van der Waals surface area contributed by atoms with E-state index in [1.165, 1.54) is 6.07 Å². The number of aromatic nitrogens is 1. The zero-order valence-corrected chi connectivity index (χ0v) is 12.5. The van der Waals surface area contributed by atoms with Crippen molar-refractivity contribution in [3.05, 3.63) is 26.7 Å². The first-order valence-corrected chi connectivity index (χ1v) is 7.02. The van der Waals surface area contributed by atoms with Crippen molar-refractivity contribution < 1.29 is 9.45 Å². The van der Waals surface area contributed by atoms with E-state index in [0.29, 0.717) is 15.7 Å². The molecule has 7 nitrogen and oxygen atoms in total. The van der Waals surface area contributed by atoms with Crippen molar-refractivity contribution in [3.8, 4) is 0 Å². The number of fused-ring (bicyclic) bond motifs is 1. The van der Waals surface area contributed by atoms with Gasteiger partial charge >= 0.3 is 5.69 Å². The third-order valence-corrected chi connectivity index (χ3v) is 3.96. The largest absolute Gasteiger partial charge is 0.351 e. The maximum absolute atomic E-state index is 11.1. The molecule has 0 saturated carbocycles. The normalized spacial score (nSPS) is 16.8. The molecule has 20 heavy (non-hydrogen) atoms. The Morgan fingerprint density at radius 1 is 1.35 bits per heavy atom. The molecule has 1 aromatic heterocycles. The SMILES string of the molecule is CN1CCN(c2noc3c([N+](=O)[O-])cc(Br)cc23)CC1. The van der Waals surface area contributed by atoms with Crippen molar-refractivity contribution in [3.63, 3.8) is 0 Å². The summed E-state index contributed by atoms with van der Waals surface area (Å²) in [6.07, 6.45) is 0. The Labute approximate surface area is 123 Å². The molecule has 1 aliphatic rings. The Bertz CT molecular complexity index is 664. The highest BCUT2D eigenvalue weighted by atomic mass is 79.9. The van der Waals surface area contributed by atoms with E-state index in [1.54, 1.807) is 0 Å². The molecule has 0 atom stereocenters. The van der Waals surface area contributed by atoms with E-state index >= 15 is 0 Å². The molecule has 3 rings (SSSR count). The number of hydrogen-bond acceptors (Lipinski definition) is 6. The quantitative estimate of drug-likeness (QED) is 0.616. The van der Waals surface area contributed by atoms with Crippen LogP contribution in [0, 0.1) is 10.1 Å². The molecule has 0 aliphatic carbocycles. The van der Waals surface area contributed by atoms with Crippen molar-refractivity contribution in [2.24, 2.45) is 0 Å². The van der Waals surface area contributed by atoms with Crippen LogP contribution in [-0.4, -0.2) is 48.2 Å². The molecule has 2 aromatic rings. The number of nitro groups is 1. The number of rotatable bonds is 2. The van der Waals surface area contributed by atoms with Gasteiger partial charge in [-0.3, -0.25) is 10.1 Å². The summed E-state index contributed by atoms with van der Waals surface area (Å²) in [5.41, 5.74) is 0.161. The number of nitro benzene ring substituents is 1. The average Bonchev–Trinajstić information content (AvgIpc) is 2.82. The summed E-state index contributed by atoms with van der Waals surface area (Å²) in [4.78, 5) is 15.0. The van der Waals surface area contributed by atoms with E-state index < -0.39 is 4.92 Å². The summed E-state index contributed by atoms with van der Waals surface area (Å²) >= 11 is 3.30. The molecular weight excluding hydrogens is 328 g/mol. The number of likely N-dealkylation sites (N-methyl/N-ethyl adjacent to an activating group) is 1. The fourth-order valence-corrected chi connectivity index (χ4v) is 2.81. The second kappa shape index (κ2) is 5.02. The van der Waals surface area contributed by atoms with Crippen molar-refractivity contribution >= 4 is 38.4 Å². The molecule has 1 aliphatic heterocycles. The van der Waals surface area contributed by atoms with E-state index in [2.05, 4.69) is 37.9 Å². The van der Waals surface area contributed by atoms with Crippen molar-refractivity contribution in [2.75, 3.05) is 38.1 Å². The lowest BCUT2D eigenvalue weighted by Gasteiger charge is -2.32. The molecule has 0 amide bonds. The topological polar surface area (TPSA) is 75.7 Å². The van der Waals surface area contributed by atoms with Gasteiger partial charge in [0.1, 0.15) is 0 Å². The van der Waals surface area contributed by atoms with Crippen molar-refractivity contribution in [1.29, 1.82) is 0 Å². The summed E-state index contributed by atoms with van der Waals surface area (Å²) in [7, 11) is 2.07. The van der Waals surface area contributed by atoms with Crippen LogP contribution in [0.15, 0.2) is 21.1 Å². The maximum atomic E-state index is 11.1. The predicted molar refractivity (Wildman–Crippen MR) is 78.1 cm³/mol. The Hall–Kier alpha value is -1.67. The molecule has 0 radical (unpaired) electrons. The van der Waals surface area contributed by atoms with Crippen LogP contribution in [-0.2, 0) is 0 Å². The smallest absolute Gasteiger partial charge is 0.316 e. The molecule has 0 bridgehead atoms. The van der Waals surface area contributed by atoms with Gasteiger partial charge in [0.05, 0.1) is 10.3 Å². The zero-order chi connectivity index (χ0) is 14.3. The minimum Gasteiger partial charge on any atom is -0.351 e. The van der Waals surface area contributed by atoms with E-state index in [4.69, 9.17) is 4.52 Å². The molecule has 1 aromatic carbocycles. The fourth-order valence-electron chi connectivity index (χ4n) is 2.36. The van der Waals surface area contributed by atoms with Crippen LogP contribution in [0.3, 0.4) is 0 Å². The van der Waals surface area contributed by atoms with E-state index in [9.17, 15) is 10.1 Å². The van der Waals surface area contributed by atoms with Crippen molar-refractivity contribution in [2.45, 2.75) is 0 Å². The highest BCUT2D eigenvalue weighted by molar-refractivity contribution is 9.10. The lowest BCUT2D eigenvalue weighted by molar-refractivity contribution is -0.383. The first-order valence-electron chi connectivity index (χ1n) is 6.23. The first kappa shape index (κ1) is 13.3. The van der Waals surface area contributed by atoms with Crippen LogP contribution >= 0.6 is 15.9 Å². The molecule has 0 unspecified atom stereocenters. The van der Waals surface area contributed by atoms with Crippen LogP contribution < -0.4 is 4.90 Å². The number of hydrogen-bond donors (Lipinski definition) is 0. The van der Waals surface area contributed by atoms with Crippen molar-refractivity contribution in [1.82, 2.24) is 10.1 Å².